The van der Waals surface area contributed by atoms with E-state index < -0.39 is 0 Å². The first kappa shape index (κ1) is 21.0. The first-order valence-electron chi connectivity index (χ1n) is 10.5. The molecule has 1 atom stereocenters. The number of hydrogen-bond acceptors (Lipinski definition) is 4. The number of nitrogens with zero attached hydrogens (tertiary/aromatic N) is 1. The number of hydrogen-bond donors (Lipinski definition) is 0. The predicted octanol–water partition coefficient (Wildman–Crippen LogP) is 4.82. The van der Waals surface area contributed by atoms with Crippen molar-refractivity contribution in [2.45, 2.75) is 40.0 Å². The molecule has 0 aromatic heterocycles. The van der Waals surface area contributed by atoms with Gasteiger partial charge in [-0.1, -0.05) is 24.3 Å². The minimum atomic E-state index is 0.00559. The Hall–Kier alpha value is -2.69. The molecule has 0 bridgehead atoms. The smallest absolute Gasteiger partial charge is 0.254 e. The van der Waals surface area contributed by atoms with Gasteiger partial charge < -0.3 is 19.1 Å². The summed E-state index contributed by atoms with van der Waals surface area (Å²) in [6, 6.07) is 12.0. The number of carbonyl (C=O) groups excluding carboxylic acids is 1. The van der Waals surface area contributed by atoms with Crippen LogP contribution < -0.4 is 14.2 Å². The van der Waals surface area contributed by atoms with E-state index in [4.69, 9.17) is 14.2 Å². The Morgan fingerprint density at radius 3 is 2.21 bits per heavy atom. The summed E-state index contributed by atoms with van der Waals surface area (Å²) in [5, 5.41) is 0. The second-order valence-corrected chi connectivity index (χ2v) is 7.19. The standard InChI is InChI=1S/C24H31NO4/c1-5-27-21-14-19(15-22(28-6-2)23(21)29-7-3)24(26)25-13-12-18(16-25)20-11-9-8-10-17(20)4/h8-11,14-15,18H,5-7,12-13,16H2,1-4H3. The molecule has 2 aromatic rings. The molecule has 0 saturated carbocycles. The highest BCUT2D eigenvalue weighted by molar-refractivity contribution is 5.96. The Labute approximate surface area is 173 Å². The SMILES string of the molecule is CCOc1cc(C(=O)N2CCC(c3ccccc3C)C2)cc(OCC)c1OCC. The van der Waals surface area contributed by atoms with Crippen molar-refractivity contribution in [3.05, 3.63) is 53.1 Å². The minimum Gasteiger partial charge on any atom is -0.490 e. The summed E-state index contributed by atoms with van der Waals surface area (Å²) >= 11 is 0. The molecule has 1 heterocycles. The van der Waals surface area contributed by atoms with Gasteiger partial charge in [-0.3, -0.25) is 4.79 Å². The molecular weight excluding hydrogens is 366 g/mol. The van der Waals surface area contributed by atoms with Crippen LogP contribution in [-0.2, 0) is 0 Å². The van der Waals surface area contributed by atoms with Crippen LogP contribution >= 0.6 is 0 Å². The van der Waals surface area contributed by atoms with E-state index in [2.05, 4.69) is 31.2 Å². The second-order valence-electron chi connectivity index (χ2n) is 7.19. The van der Waals surface area contributed by atoms with Gasteiger partial charge in [-0.05, 0) is 57.4 Å². The summed E-state index contributed by atoms with van der Waals surface area (Å²) in [4.78, 5) is 15.2. The number of benzene rings is 2. The first-order valence-corrected chi connectivity index (χ1v) is 10.5. The van der Waals surface area contributed by atoms with Crippen molar-refractivity contribution < 1.29 is 19.0 Å². The normalized spacial score (nSPS) is 16.0. The van der Waals surface area contributed by atoms with Crippen molar-refractivity contribution in [3.63, 3.8) is 0 Å². The number of ether oxygens (including phenoxy) is 3. The Kier molecular flexibility index (Phi) is 7.02. The van der Waals surface area contributed by atoms with Crippen LogP contribution in [0, 0.1) is 6.92 Å². The lowest BCUT2D eigenvalue weighted by Gasteiger charge is -2.20. The van der Waals surface area contributed by atoms with Crippen molar-refractivity contribution in [1.29, 1.82) is 0 Å². The second kappa shape index (κ2) is 9.68. The largest absolute Gasteiger partial charge is 0.490 e. The number of rotatable bonds is 8. The highest BCUT2D eigenvalue weighted by Gasteiger charge is 2.30. The van der Waals surface area contributed by atoms with Crippen LogP contribution in [0.2, 0.25) is 0 Å². The Morgan fingerprint density at radius 1 is 1.00 bits per heavy atom. The van der Waals surface area contributed by atoms with Crippen LogP contribution in [0.25, 0.3) is 0 Å². The lowest BCUT2D eigenvalue weighted by atomic mass is 9.94. The van der Waals surface area contributed by atoms with Gasteiger partial charge in [0.15, 0.2) is 11.5 Å². The summed E-state index contributed by atoms with van der Waals surface area (Å²) < 4.78 is 17.3. The Bertz CT molecular complexity index is 822. The number of amides is 1. The molecule has 1 amide bonds. The highest BCUT2D eigenvalue weighted by atomic mass is 16.5. The Morgan fingerprint density at radius 2 is 1.62 bits per heavy atom. The molecule has 0 aliphatic carbocycles. The van der Waals surface area contributed by atoms with Crippen LogP contribution in [0.3, 0.4) is 0 Å². The third-order valence-corrected chi connectivity index (χ3v) is 5.26. The molecule has 156 valence electrons. The topological polar surface area (TPSA) is 48.0 Å². The third kappa shape index (κ3) is 4.66. The zero-order valence-corrected chi connectivity index (χ0v) is 17.9. The van der Waals surface area contributed by atoms with E-state index in [1.165, 1.54) is 11.1 Å². The van der Waals surface area contributed by atoms with E-state index in [0.29, 0.717) is 48.6 Å². The molecule has 1 fully saturated rings. The summed E-state index contributed by atoms with van der Waals surface area (Å²) in [7, 11) is 0. The van der Waals surface area contributed by atoms with E-state index >= 15 is 0 Å². The molecule has 0 radical (unpaired) electrons. The van der Waals surface area contributed by atoms with Crippen LogP contribution in [0.5, 0.6) is 17.2 Å². The third-order valence-electron chi connectivity index (χ3n) is 5.26. The fourth-order valence-corrected chi connectivity index (χ4v) is 3.94. The fraction of sp³-hybridized carbons (Fsp3) is 0.458. The van der Waals surface area contributed by atoms with Gasteiger partial charge in [0.2, 0.25) is 5.75 Å². The molecular formula is C24H31NO4. The molecule has 3 rings (SSSR count). The van der Waals surface area contributed by atoms with Gasteiger partial charge >= 0.3 is 0 Å². The molecule has 0 N–H and O–H groups in total. The molecule has 1 aliphatic heterocycles. The average Bonchev–Trinajstić information content (AvgIpc) is 3.20. The average molecular weight is 398 g/mol. The lowest BCUT2D eigenvalue weighted by Crippen LogP contribution is -2.28. The quantitative estimate of drug-likeness (QED) is 0.641. The van der Waals surface area contributed by atoms with Crippen LogP contribution in [0.1, 0.15) is 54.6 Å². The van der Waals surface area contributed by atoms with Gasteiger partial charge in [0, 0.05) is 24.6 Å². The number of aryl methyl sites for hydroxylation is 1. The van der Waals surface area contributed by atoms with Crippen LogP contribution in [0.15, 0.2) is 36.4 Å². The summed E-state index contributed by atoms with van der Waals surface area (Å²) in [5.41, 5.74) is 3.19. The van der Waals surface area contributed by atoms with Gasteiger partial charge in [-0.25, -0.2) is 0 Å². The van der Waals surface area contributed by atoms with Gasteiger partial charge in [0.25, 0.3) is 5.91 Å². The van der Waals surface area contributed by atoms with E-state index in [1.807, 2.05) is 25.7 Å². The molecule has 5 nitrogen and oxygen atoms in total. The molecule has 0 spiro atoms. The van der Waals surface area contributed by atoms with Crippen LogP contribution in [-0.4, -0.2) is 43.7 Å². The predicted molar refractivity (Wildman–Crippen MR) is 114 cm³/mol. The zero-order chi connectivity index (χ0) is 20.8. The number of likely N-dealkylation sites (tertiary alicyclic amines) is 1. The molecule has 1 saturated heterocycles. The van der Waals surface area contributed by atoms with Gasteiger partial charge in [0.1, 0.15) is 0 Å². The number of carbonyl (C=O) groups is 1. The maximum atomic E-state index is 13.3. The monoisotopic (exact) mass is 397 g/mol. The van der Waals surface area contributed by atoms with Crippen LogP contribution in [0.4, 0.5) is 0 Å². The van der Waals surface area contributed by atoms with Crippen molar-refractivity contribution in [2.75, 3.05) is 32.9 Å². The molecule has 29 heavy (non-hydrogen) atoms. The van der Waals surface area contributed by atoms with E-state index in [1.54, 1.807) is 12.1 Å². The van der Waals surface area contributed by atoms with Gasteiger partial charge in [-0.15, -0.1) is 0 Å². The van der Waals surface area contributed by atoms with Crippen molar-refractivity contribution >= 4 is 5.91 Å². The minimum absolute atomic E-state index is 0.00559. The van der Waals surface area contributed by atoms with Crippen molar-refractivity contribution in [3.8, 4) is 17.2 Å². The molecule has 5 heteroatoms. The van der Waals surface area contributed by atoms with Crippen molar-refractivity contribution in [1.82, 2.24) is 4.90 Å². The van der Waals surface area contributed by atoms with Gasteiger partial charge in [0.05, 0.1) is 19.8 Å². The lowest BCUT2D eigenvalue weighted by molar-refractivity contribution is 0.0789. The van der Waals surface area contributed by atoms with E-state index in [-0.39, 0.29) is 5.91 Å². The highest BCUT2D eigenvalue weighted by Crippen LogP contribution is 2.40. The summed E-state index contributed by atoms with van der Waals surface area (Å²) in [6.07, 6.45) is 0.976. The molecule has 2 aromatic carbocycles. The first-order chi connectivity index (χ1) is 14.1. The zero-order valence-electron chi connectivity index (χ0n) is 17.9. The molecule has 1 aliphatic rings. The Balaban J connectivity index is 1.86. The maximum Gasteiger partial charge on any atom is 0.254 e. The molecule has 1 unspecified atom stereocenters. The summed E-state index contributed by atoms with van der Waals surface area (Å²) in [5.74, 6) is 2.05. The fourth-order valence-electron chi connectivity index (χ4n) is 3.94. The maximum absolute atomic E-state index is 13.3. The van der Waals surface area contributed by atoms with Gasteiger partial charge in [-0.2, -0.15) is 0 Å². The van der Waals surface area contributed by atoms with E-state index in [9.17, 15) is 4.79 Å². The van der Waals surface area contributed by atoms with Crippen molar-refractivity contribution in [2.24, 2.45) is 0 Å². The van der Waals surface area contributed by atoms with E-state index in [0.717, 1.165) is 19.5 Å². The summed E-state index contributed by atoms with van der Waals surface area (Å²) in [6.45, 7) is 10.8.